The molecule has 0 unspecified atom stereocenters. The van der Waals surface area contributed by atoms with E-state index in [9.17, 15) is 4.79 Å². The van der Waals surface area contributed by atoms with Gasteiger partial charge in [0.15, 0.2) is 0 Å². The molecule has 0 saturated carbocycles. The van der Waals surface area contributed by atoms with Crippen molar-refractivity contribution in [2.45, 2.75) is 46.3 Å². The topological polar surface area (TPSA) is 46.1 Å². The molecule has 2 N–H and O–H groups in total. The molecule has 1 aromatic carbocycles. The second-order valence-electron chi connectivity index (χ2n) is 5.69. The van der Waals surface area contributed by atoms with Crippen molar-refractivity contribution in [1.82, 2.24) is 15.2 Å². The molecule has 2 aromatic rings. The second-order valence-corrected chi connectivity index (χ2v) is 5.69. The fraction of sp³-hybridized carbons (Fsp3) is 0.471. The van der Waals surface area contributed by atoms with Crippen molar-refractivity contribution >= 4 is 16.8 Å². The molecule has 0 fully saturated rings. The number of nitrogens with zero attached hydrogens (tertiary/aromatic N) is 1. The molecule has 114 valence electrons. The van der Waals surface area contributed by atoms with Crippen molar-refractivity contribution in [2.24, 2.45) is 0 Å². The molecule has 4 heteroatoms. The van der Waals surface area contributed by atoms with Gasteiger partial charge in [0.1, 0.15) is 6.54 Å². The van der Waals surface area contributed by atoms with Crippen LogP contribution in [0.2, 0.25) is 0 Å². The number of rotatable bonds is 7. The van der Waals surface area contributed by atoms with Crippen molar-refractivity contribution < 1.29 is 4.79 Å². The first kappa shape index (κ1) is 15.6. The van der Waals surface area contributed by atoms with Crippen LogP contribution in [0.3, 0.4) is 0 Å². The number of benzene rings is 1. The number of hydrogen-bond acceptors (Lipinski definition) is 2. The number of nitrogens with one attached hydrogen (secondary N) is 2. The van der Waals surface area contributed by atoms with E-state index in [1.165, 1.54) is 10.9 Å². The Kier molecular flexibility index (Phi) is 5.39. The zero-order valence-electron chi connectivity index (χ0n) is 13.1. The summed E-state index contributed by atoms with van der Waals surface area (Å²) in [6.07, 6.45) is 3.13. The summed E-state index contributed by atoms with van der Waals surface area (Å²) >= 11 is 0. The molecule has 0 atom stereocenters. The van der Waals surface area contributed by atoms with Crippen molar-refractivity contribution in [2.75, 3.05) is 6.54 Å². The van der Waals surface area contributed by atoms with Gasteiger partial charge in [0.05, 0.1) is 0 Å². The molecule has 0 aliphatic heterocycles. The van der Waals surface area contributed by atoms with E-state index in [0.29, 0.717) is 6.54 Å². The Hall–Kier alpha value is -1.81. The third-order valence-electron chi connectivity index (χ3n) is 3.41. The molecule has 4 nitrogen and oxygen atoms in total. The van der Waals surface area contributed by atoms with E-state index in [0.717, 1.165) is 25.0 Å². The Morgan fingerprint density at radius 2 is 2.10 bits per heavy atom. The fourth-order valence-electron chi connectivity index (χ4n) is 2.50. The first-order chi connectivity index (χ1) is 10.1. The molecule has 0 saturated heterocycles. The van der Waals surface area contributed by atoms with Crippen LogP contribution < -0.4 is 10.6 Å². The Bertz CT molecular complexity index is 601. The zero-order valence-corrected chi connectivity index (χ0v) is 13.1. The monoisotopic (exact) mass is 287 g/mol. The van der Waals surface area contributed by atoms with Gasteiger partial charge in [0, 0.05) is 29.7 Å². The van der Waals surface area contributed by atoms with Crippen molar-refractivity contribution in [3.63, 3.8) is 0 Å². The zero-order chi connectivity index (χ0) is 15.2. The summed E-state index contributed by atoms with van der Waals surface area (Å²) < 4.78 is 2.01. The molecule has 0 radical (unpaired) electrons. The van der Waals surface area contributed by atoms with Crippen LogP contribution in [0.5, 0.6) is 0 Å². The first-order valence-corrected chi connectivity index (χ1v) is 7.68. The minimum Gasteiger partial charge on any atom is -0.352 e. The largest absolute Gasteiger partial charge is 0.352 e. The summed E-state index contributed by atoms with van der Waals surface area (Å²) in [5, 5.41) is 7.58. The molecule has 2 rings (SSSR count). The van der Waals surface area contributed by atoms with Crippen LogP contribution in [0.15, 0.2) is 30.5 Å². The van der Waals surface area contributed by atoms with E-state index in [4.69, 9.17) is 0 Å². The minimum absolute atomic E-state index is 0.0528. The van der Waals surface area contributed by atoms with Gasteiger partial charge in [-0.05, 0) is 44.5 Å². The average Bonchev–Trinajstić information content (AvgIpc) is 2.82. The SMILES string of the molecule is CCCNCc1cccc2c1ccn2CC(=O)NC(C)C. The number of carbonyl (C=O) groups is 1. The third kappa shape index (κ3) is 4.08. The molecule has 1 amide bonds. The van der Waals surface area contributed by atoms with Crippen LogP contribution in [0.25, 0.3) is 10.9 Å². The van der Waals surface area contributed by atoms with Crippen molar-refractivity contribution in [1.29, 1.82) is 0 Å². The lowest BCUT2D eigenvalue weighted by Crippen LogP contribution is -2.32. The molecule has 21 heavy (non-hydrogen) atoms. The highest BCUT2D eigenvalue weighted by atomic mass is 16.2. The van der Waals surface area contributed by atoms with E-state index in [1.807, 2.05) is 24.6 Å². The van der Waals surface area contributed by atoms with Gasteiger partial charge in [-0.1, -0.05) is 19.1 Å². The van der Waals surface area contributed by atoms with Gasteiger partial charge in [0.2, 0.25) is 5.91 Å². The summed E-state index contributed by atoms with van der Waals surface area (Å²) in [6, 6.07) is 8.54. The van der Waals surface area contributed by atoms with Crippen LogP contribution in [0.4, 0.5) is 0 Å². The van der Waals surface area contributed by atoms with Gasteiger partial charge in [-0.15, -0.1) is 0 Å². The highest BCUT2D eigenvalue weighted by Gasteiger charge is 2.09. The summed E-state index contributed by atoms with van der Waals surface area (Å²) in [6.45, 7) is 8.37. The summed E-state index contributed by atoms with van der Waals surface area (Å²) in [7, 11) is 0. The Morgan fingerprint density at radius 1 is 1.29 bits per heavy atom. The number of amides is 1. The summed E-state index contributed by atoms with van der Waals surface area (Å²) in [5.41, 5.74) is 2.40. The van der Waals surface area contributed by atoms with Crippen LogP contribution in [0, 0.1) is 0 Å². The fourth-order valence-corrected chi connectivity index (χ4v) is 2.50. The minimum atomic E-state index is 0.0528. The molecule has 0 bridgehead atoms. The Balaban J connectivity index is 2.16. The molecule has 1 aromatic heterocycles. The molecule has 1 heterocycles. The molecule has 0 spiro atoms. The van der Waals surface area contributed by atoms with Gasteiger partial charge < -0.3 is 15.2 Å². The van der Waals surface area contributed by atoms with Gasteiger partial charge in [-0.2, -0.15) is 0 Å². The summed E-state index contributed by atoms with van der Waals surface area (Å²) in [4.78, 5) is 11.9. The maximum absolute atomic E-state index is 11.9. The number of hydrogen-bond donors (Lipinski definition) is 2. The highest BCUT2D eigenvalue weighted by Crippen LogP contribution is 2.20. The lowest BCUT2D eigenvalue weighted by Gasteiger charge is -2.10. The quantitative estimate of drug-likeness (QED) is 0.769. The maximum atomic E-state index is 11.9. The van der Waals surface area contributed by atoms with Crippen LogP contribution in [-0.2, 0) is 17.9 Å². The highest BCUT2D eigenvalue weighted by molar-refractivity contribution is 5.85. The molecular weight excluding hydrogens is 262 g/mol. The van der Waals surface area contributed by atoms with E-state index < -0.39 is 0 Å². The van der Waals surface area contributed by atoms with Crippen LogP contribution >= 0.6 is 0 Å². The van der Waals surface area contributed by atoms with Crippen LogP contribution in [-0.4, -0.2) is 23.1 Å². The lowest BCUT2D eigenvalue weighted by molar-refractivity contribution is -0.122. The average molecular weight is 287 g/mol. The number of carbonyl (C=O) groups excluding carboxylic acids is 1. The van der Waals surface area contributed by atoms with Gasteiger partial charge in [-0.3, -0.25) is 4.79 Å². The van der Waals surface area contributed by atoms with E-state index in [1.54, 1.807) is 0 Å². The first-order valence-electron chi connectivity index (χ1n) is 7.68. The van der Waals surface area contributed by atoms with Crippen molar-refractivity contribution in [3.8, 4) is 0 Å². The normalized spacial score (nSPS) is 11.2. The van der Waals surface area contributed by atoms with E-state index in [2.05, 4.69) is 41.8 Å². The summed E-state index contributed by atoms with van der Waals surface area (Å²) in [5.74, 6) is 0.0528. The maximum Gasteiger partial charge on any atom is 0.240 e. The lowest BCUT2D eigenvalue weighted by atomic mass is 10.1. The molecule has 0 aliphatic carbocycles. The Labute approximate surface area is 126 Å². The number of aromatic nitrogens is 1. The molecule has 0 aliphatic rings. The third-order valence-corrected chi connectivity index (χ3v) is 3.41. The second kappa shape index (κ2) is 7.27. The smallest absolute Gasteiger partial charge is 0.240 e. The Morgan fingerprint density at radius 3 is 2.81 bits per heavy atom. The van der Waals surface area contributed by atoms with E-state index in [-0.39, 0.29) is 11.9 Å². The van der Waals surface area contributed by atoms with Gasteiger partial charge in [-0.25, -0.2) is 0 Å². The standard InChI is InChI=1S/C17H25N3O/c1-4-9-18-11-14-6-5-7-16-15(14)8-10-20(16)12-17(21)19-13(2)3/h5-8,10,13,18H,4,9,11-12H2,1-3H3,(H,19,21). The van der Waals surface area contributed by atoms with Crippen LogP contribution in [0.1, 0.15) is 32.8 Å². The number of fused-ring (bicyclic) bond motifs is 1. The van der Waals surface area contributed by atoms with Gasteiger partial charge in [0.25, 0.3) is 0 Å². The predicted octanol–water partition coefficient (Wildman–Crippen LogP) is 2.67. The predicted molar refractivity (Wildman–Crippen MR) is 87.2 cm³/mol. The molecular formula is C17H25N3O. The van der Waals surface area contributed by atoms with E-state index >= 15 is 0 Å². The van der Waals surface area contributed by atoms with Gasteiger partial charge >= 0.3 is 0 Å². The van der Waals surface area contributed by atoms with Crippen molar-refractivity contribution in [3.05, 3.63) is 36.0 Å².